The van der Waals surface area contributed by atoms with Crippen LogP contribution in [0.2, 0.25) is 0 Å². The smallest absolute Gasteiger partial charge is 0.329 e. The Kier molecular flexibility index (Phi) is 3.86. The van der Waals surface area contributed by atoms with E-state index in [9.17, 15) is 9.59 Å². The Hall–Kier alpha value is -1.56. The molecule has 3 N–H and O–H groups in total. The van der Waals surface area contributed by atoms with E-state index >= 15 is 0 Å². The SMILES string of the molecule is CCCn1c(N)c(CN2CCCC2)c(=O)[nH]c1=O. The highest BCUT2D eigenvalue weighted by atomic mass is 16.2. The Morgan fingerprint density at radius 3 is 2.56 bits per heavy atom. The van der Waals surface area contributed by atoms with Crippen LogP contribution in [0.1, 0.15) is 31.7 Å². The topological polar surface area (TPSA) is 84.1 Å². The van der Waals surface area contributed by atoms with E-state index in [-0.39, 0.29) is 5.56 Å². The minimum atomic E-state index is -0.412. The molecule has 0 radical (unpaired) electrons. The van der Waals surface area contributed by atoms with Gasteiger partial charge in [-0.1, -0.05) is 6.92 Å². The average molecular weight is 252 g/mol. The molecule has 1 aromatic rings. The fraction of sp³-hybridized carbons (Fsp3) is 0.667. The fourth-order valence-electron chi connectivity index (χ4n) is 2.39. The van der Waals surface area contributed by atoms with Crippen molar-refractivity contribution in [3.05, 3.63) is 26.4 Å². The normalized spacial score (nSPS) is 16.3. The first-order chi connectivity index (χ1) is 8.63. The van der Waals surface area contributed by atoms with Crippen molar-refractivity contribution in [3.8, 4) is 0 Å². The number of nitrogens with one attached hydrogen (secondary N) is 1. The third-order valence-electron chi connectivity index (χ3n) is 3.37. The summed E-state index contributed by atoms with van der Waals surface area (Å²) >= 11 is 0. The summed E-state index contributed by atoms with van der Waals surface area (Å²) in [7, 11) is 0. The van der Waals surface area contributed by atoms with E-state index in [4.69, 9.17) is 5.73 Å². The third kappa shape index (κ3) is 2.48. The highest BCUT2D eigenvalue weighted by Gasteiger charge is 2.17. The van der Waals surface area contributed by atoms with Gasteiger partial charge in [0.2, 0.25) is 0 Å². The molecule has 1 aliphatic heterocycles. The van der Waals surface area contributed by atoms with Crippen molar-refractivity contribution in [2.24, 2.45) is 0 Å². The molecule has 1 saturated heterocycles. The van der Waals surface area contributed by atoms with Crippen molar-refractivity contribution >= 4 is 5.82 Å². The molecule has 0 aromatic carbocycles. The van der Waals surface area contributed by atoms with Gasteiger partial charge < -0.3 is 5.73 Å². The van der Waals surface area contributed by atoms with Crippen LogP contribution in [0.5, 0.6) is 0 Å². The number of aromatic nitrogens is 2. The van der Waals surface area contributed by atoms with Crippen LogP contribution in [0, 0.1) is 0 Å². The standard InChI is InChI=1S/C12H20N4O2/c1-2-5-16-10(13)9(11(17)14-12(16)18)8-15-6-3-4-7-15/h2-8,13H2,1H3,(H,14,17,18). The molecule has 6 nitrogen and oxygen atoms in total. The summed E-state index contributed by atoms with van der Waals surface area (Å²) in [6.45, 7) is 5.02. The minimum Gasteiger partial charge on any atom is -0.385 e. The van der Waals surface area contributed by atoms with E-state index in [1.165, 1.54) is 4.57 Å². The summed E-state index contributed by atoms with van der Waals surface area (Å²) in [6.07, 6.45) is 3.12. The van der Waals surface area contributed by atoms with Crippen molar-refractivity contribution in [2.75, 3.05) is 18.8 Å². The van der Waals surface area contributed by atoms with Crippen molar-refractivity contribution in [1.29, 1.82) is 0 Å². The number of likely N-dealkylation sites (tertiary alicyclic amines) is 1. The predicted molar refractivity (Wildman–Crippen MR) is 70.5 cm³/mol. The van der Waals surface area contributed by atoms with Crippen LogP contribution in [-0.4, -0.2) is 27.5 Å². The monoisotopic (exact) mass is 252 g/mol. The quantitative estimate of drug-likeness (QED) is 0.797. The number of nitrogens with zero attached hydrogens (tertiary/aromatic N) is 2. The molecule has 0 saturated carbocycles. The molecule has 6 heteroatoms. The molecule has 2 heterocycles. The highest BCUT2D eigenvalue weighted by molar-refractivity contribution is 5.38. The zero-order valence-electron chi connectivity index (χ0n) is 10.7. The van der Waals surface area contributed by atoms with E-state index < -0.39 is 5.69 Å². The molecule has 0 aliphatic carbocycles. The first-order valence-electron chi connectivity index (χ1n) is 6.47. The number of anilines is 1. The average Bonchev–Trinajstić information content (AvgIpc) is 2.83. The Bertz CT molecular complexity index is 526. The van der Waals surface area contributed by atoms with E-state index in [0.29, 0.717) is 24.5 Å². The van der Waals surface area contributed by atoms with Crippen molar-refractivity contribution in [1.82, 2.24) is 14.5 Å². The Morgan fingerprint density at radius 1 is 1.28 bits per heavy atom. The van der Waals surface area contributed by atoms with Crippen molar-refractivity contribution in [2.45, 2.75) is 39.3 Å². The zero-order valence-corrected chi connectivity index (χ0v) is 10.7. The van der Waals surface area contributed by atoms with Crippen LogP contribution in [0.3, 0.4) is 0 Å². The molecule has 0 unspecified atom stereocenters. The summed E-state index contributed by atoms with van der Waals surface area (Å²) in [5.41, 5.74) is 5.72. The van der Waals surface area contributed by atoms with Crippen LogP contribution < -0.4 is 17.0 Å². The second-order valence-corrected chi connectivity index (χ2v) is 4.76. The molecule has 1 aliphatic rings. The number of hydrogen-bond donors (Lipinski definition) is 2. The Labute approximate surface area is 105 Å². The van der Waals surface area contributed by atoms with Gasteiger partial charge in [-0.2, -0.15) is 0 Å². The van der Waals surface area contributed by atoms with Gasteiger partial charge in [-0.3, -0.25) is 19.2 Å². The summed E-state index contributed by atoms with van der Waals surface area (Å²) in [5.74, 6) is 0.317. The largest absolute Gasteiger partial charge is 0.385 e. The van der Waals surface area contributed by atoms with E-state index in [1.807, 2.05) is 6.92 Å². The van der Waals surface area contributed by atoms with Gasteiger partial charge in [0.25, 0.3) is 5.56 Å². The zero-order chi connectivity index (χ0) is 13.1. The van der Waals surface area contributed by atoms with Gasteiger partial charge in [-0.25, -0.2) is 4.79 Å². The third-order valence-corrected chi connectivity index (χ3v) is 3.37. The highest BCUT2D eigenvalue weighted by Crippen LogP contribution is 2.13. The van der Waals surface area contributed by atoms with Crippen molar-refractivity contribution < 1.29 is 0 Å². The molecule has 0 amide bonds. The minimum absolute atomic E-state index is 0.317. The molecule has 18 heavy (non-hydrogen) atoms. The van der Waals surface area contributed by atoms with Crippen molar-refractivity contribution in [3.63, 3.8) is 0 Å². The van der Waals surface area contributed by atoms with Crippen LogP contribution in [0.25, 0.3) is 0 Å². The molecule has 0 spiro atoms. The van der Waals surface area contributed by atoms with Gasteiger partial charge in [0.05, 0.1) is 5.56 Å². The van der Waals surface area contributed by atoms with Crippen LogP contribution in [0.4, 0.5) is 5.82 Å². The van der Waals surface area contributed by atoms with E-state index in [1.54, 1.807) is 0 Å². The van der Waals surface area contributed by atoms with Gasteiger partial charge >= 0.3 is 5.69 Å². The summed E-state index contributed by atoms with van der Waals surface area (Å²) in [5, 5.41) is 0. The number of nitrogen functional groups attached to an aromatic ring is 1. The second kappa shape index (κ2) is 5.39. The van der Waals surface area contributed by atoms with E-state index in [0.717, 1.165) is 32.4 Å². The summed E-state index contributed by atoms with van der Waals surface area (Å²) in [4.78, 5) is 28.0. The van der Waals surface area contributed by atoms with Crippen LogP contribution in [0.15, 0.2) is 9.59 Å². The molecule has 1 fully saturated rings. The van der Waals surface area contributed by atoms with Gasteiger partial charge in [0, 0.05) is 13.1 Å². The first kappa shape index (κ1) is 12.9. The number of rotatable bonds is 4. The Balaban J connectivity index is 2.36. The van der Waals surface area contributed by atoms with Gasteiger partial charge in [0.15, 0.2) is 0 Å². The number of nitrogens with two attached hydrogens (primary N) is 1. The molecule has 0 atom stereocenters. The van der Waals surface area contributed by atoms with Gasteiger partial charge in [-0.05, 0) is 32.4 Å². The maximum Gasteiger partial charge on any atom is 0.329 e. The fourth-order valence-corrected chi connectivity index (χ4v) is 2.39. The maximum absolute atomic E-state index is 11.8. The number of hydrogen-bond acceptors (Lipinski definition) is 4. The van der Waals surface area contributed by atoms with Crippen LogP contribution in [-0.2, 0) is 13.1 Å². The lowest BCUT2D eigenvalue weighted by Gasteiger charge is -2.17. The van der Waals surface area contributed by atoms with Crippen LogP contribution >= 0.6 is 0 Å². The molecular formula is C12H20N4O2. The summed E-state index contributed by atoms with van der Waals surface area (Å²) < 4.78 is 1.45. The Morgan fingerprint density at radius 2 is 1.94 bits per heavy atom. The number of aromatic amines is 1. The lowest BCUT2D eigenvalue weighted by atomic mass is 10.2. The lowest BCUT2D eigenvalue weighted by Crippen LogP contribution is -2.36. The maximum atomic E-state index is 11.8. The first-order valence-corrected chi connectivity index (χ1v) is 6.47. The van der Waals surface area contributed by atoms with E-state index in [2.05, 4.69) is 9.88 Å². The molecule has 0 bridgehead atoms. The number of H-pyrrole nitrogens is 1. The van der Waals surface area contributed by atoms with Gasteiger partial charge in [-0.15, -0.1) is 0 Å². The van der Waals surface area contributed by atoms with Gasteiger partial charge in [0.1, 0.15) is 5.82 Å². The molecule has 2 rings (SSSR count). The molecule has 1 aromatic heterocycles. The molecular weight excluding hydrogens is 232 g/mol. The molecule has 100 valence electrons. The second-order valence-electron chi connectivity index (χ2n) is 4.76. The predicted octanol–water partition coefficient (Wildman–Crippen LogP) is 0.125. The summed E-state index contributed by atoms with van der Waals surface area (Å²) in [6, 6.07) is 0. The lowest BCUT2D eigenvalue weighted by molar-refractivity contribution is 0.329.